The van der Waals surface area contributed by atoms with Gasteiger partial charge in [0.15, 0.2) is 0 Å². The highest BCUT2D eigenvalue weighted by Gasteiger charge is 2.15. The smallest absolute Gasteiger partial charge is 0.323 e. The SMILES string of the molecule is CNc1nc(NCC2COCCO2)nc(OC(C)C)n1. The Balaban J connectivity index is 1.98. The fourth-order valence-electron chi connectivity index (χ4n) is 1.67. The lowest BCUT2D eigenvalue weighted by Gasteiger charge is -2.23. The zero-order valence-electron chi connectivity index (χ0n) is 12.0. The van der Waals surface area contributed by atoms with Crippen LogP contribution in [0.15, 0.2) is 0 Å². The van der Waals surface area contributed by atoms with Crippen LogP contribution in [-0.2, 0) is 9.47 Å². The Morgan fingerprint density at radius 2 is 2.05 bits per heavy atom. The van der Waals surface area contributed by atoms with Crippen LogP contribution in [0.5, 0.6) is 6.01 Å². The number of rotatable bonds is 6. The van der Waals surface area contributed by atoms with E-state index < -0.39 is 0 Å². The van der Waals surface area contributed by atoms with E-state index in [1.807, 2.05) is 13.8 Å². The molecule has 8 heteroatoms. The minimum absolute atomic E-state index is 0.00466. The Bertz CT molecular complexity index is 424. The molecule has 1 aromatic rings. The van der Waals surface area contributed by atoms with E-state index in [1.54, 1.807) is 7.05 Å². The van der Waals surface area contributed by atoms with Gasteiger partial charge in [0.1, 0.15) is 0 Å². The first-order valence-corrected chi connectivity index (χ1v) is 6.71. The first-order valence-electron chi connectivity index (χ1n) is 6.71. The van der Waals surface area contributed by atoms with Crippen molar-refractivity contribution in [3.63, 3.8) is 0 Å². The molecule has 8 nitrogen and oxygen atoms in total. The van der Waals surface area contributed by atoms with Crippen LogP contribution in [0.2, 0.25) is 0 Å². The van der Waals surface area contributed by atoms with Crippen LogP contribution in [0.25, 0.3) is 0 Å². The molecular formula is C12H21N5O3. The molecule has 0 aliphatic carbocycles. The first kappa shape index (κ1) is 14.7. The van der Waals surface area contributed by atoms with Crippen LogP contribution in [-0.4, -0.2) is 60.6 Å². The molecule has 1 saturated heterocycles. The summed E-state index contributed by atoms with van der Waals surface area (Å²) in [6, 6.07) is 0.294. The van der Waals surface area contributed by atoms with Gasteiger partial charge in [-0.1, -0.05) is 0 Å². The maximum atomic E-state index is 5.55. The Labute approximate surface area is 118 Å². The molecule has 0 aromatic carbocycles. The molecule has 1 unspecified atom stereocenters. The van der Waals surface area contributed by atoms with Gasteiger partial charge in [0.2, 0.25) is 11.9 Å². The number of aromatic nitrogens is 3. The molecule has 1 aliphatic heterocycles. The Kier molecular flexibility index (Phi) is 5.31. The number of hydrogen-bond acceptors (Lipinski definition) is 8. The van der Waals surface area contributed by atoms with Crippen molar-refractivity contribution in [3.8, 4) is 6.01 Å². The molecule has 0 radical (unpaired) electrons. The molecule has 0 bridgehead atoms. The van der Waals surface area contributed by atoms with Crippen molar-refractivity contribution in [3.05, 3.63) is 0 Å². The second-order valence-electron chi connectivity index (χ2n) is 4.63. The second-order valence-corrected chi connectivity index (χ2v) is 4.63. The van der Waals surface area contributed by atoms with Crippen molar-refractivity contribution in [1.29, 1.82) is 0 Å². The Hall–Kier alpha value is -1.67. The van der Waals surface area contributed by atoms with E-state index in [9.17, 15) is 0 Å². The van der Waals surface area contributed by atoms with Gasteiger partial charge in [-0.3, -0.25) is 0 Å². The molecule has 2 heterocycles. The molecular weight excluding hydrogens is 262 g/mol. The van der Waals surface area contributed by atoms with Gasteiger partial charge in [-0.2, -0.15) is 15.0 Å². The van der Waals surface area contributed by atoms with Gasteiger partial charge >= 0.3 is 6.01 Å². The summed E-state index contributed by atoms with van der Waals surface area (Å²) in [5, 5.41) is 6.00. The average Bonchev–Trinajstić information content (AvgIpc) is 2.45. The highest BCUT2D eigenvalue weighted by atomic mass is 16.6. The van der Waals surface area contributed by atoms with Crippen LogP contribution < -0.4 is 15.4 Å². The van der Waals surface area contributed by atoms with Crippen molar-refractivity contribution in [2.45, 2.75) is 26.1 Å². The third kappa shape index (κ3) is 4.46. The monoisotopic (exact) mass is 283 g/mol. The van der Waals surface area contributed by atoms with E-state index in [0.717, 1.165) is 0 Å². The normalized spacial score (nSPS) is 18.9. The van der Waals surface area contributed by atoms with E-state index in [0.29, 0.717) is 44.3 Å². The van der Waals surface area contributed by atoms with Gasteiger partial charge in [-0.05, 0) is 13.8 Å². The van der Waals surface area contributed by atoms with E-state index in [4.69, 9.17) is 14.2 Å². The van der Waals surface area contributed by atoms with Gasteiger partial charge in [0.25, 0.3) is 0 Å². The van der Waals surface area contributed by atoms with E-state index in [2.05, 4.69) is 25.6 Å². The maximum Gasteiger partial charge on any atom is 0.323 e. The van der Waals surface area contributed by atoms with Crippen molar-refractivity contribution >= 4 is 11.9 Å². The molecule has 2 N–H and O–H groups in total. The fourth-order valence-corrected chi connectivity index (χ4v) is 1.67. The molecule has 1 fully saturated rings. The van der Waals surface area contributed by atoms with Crippen molar-refractivity contribution < 1.29 is 14.2 Å². The summed E-state index contributed by atoms with van der Waals surface area (Å²) in [6.07, 6.45) is 0.0121. The summed E-state index contributed by atoms with van der Waals surface area (Å²) in [5.41, 5.74) is 0. The zero-order chi connectivity index (χ0) is 14.4. The third-order valence-electron chi connectivity index (χ3n) is 2.55. The molecule has 0 amide bonds. The largest absolute Gasteiger partial charge is 0.461 e. The number of nitrogens with zero attached hydrogens (tertiary/aromatic N) is 3. The lowest BCUT2D eigenvalue weighted by Crippen LogP contribution is -2.34. The quantitative estimate of drug-likeness (QED) is 0.781. The van der Waals surface area contributed by atoms with E-state index in [1.165, 1.54) is 0 Å². The molecule has 1 aromatic heterocycles. The molecule has 2 rings (SSSR count). The molecule has 0 saturated carbocycles. The lowest BCUT2D eigenvalue weighted by molar-refractivity contribution is -0.0819. The summed E-state index contributed by atoms with van der Waals surface area (Å²) in [5.74, 6) is 0.910. The van der Waals surface area contributed by atoms with E-state index in [-0.39, 0.29) is 12.2 Å². The van der Waals surface area contributed by atoms with Gasteiger partial charge in [-0.15, -0.1) is 0 Å². The zero-order valence-corrected chi connectivity index (χ0v) is 12.0. The second kappa shape index (κ2) is 7.20. The fraction of sp³-hybridized carbons (Fsp3) is 0.750. The number of nitrogens with one attached hydrogen (secondary N) is 2. The van der Waals surface area contributed by atoms with Crippen LogP contribution in [0, 0.1) is 0 Å². The summed E-state index contributed by atoms with van der Waals surface area (Å²) in [4.78, 5) is 12.6. The van der Waals surface area contributed by atoms with Crippen LogP contribution >= 0.6 is 0 Å². The van der Waals surface area contributed by atoms with Crippen LogP contribution in [0.3, 0.4) is 0 Å². The maximum absolute atomic E-state index is 5.55. The molecule has 1 aliphatic rings. The third-order valence-corrected chi connectivity index (χ3v) is 2.55. The van der Waals surface area contributed by atoms with Gasteiger partial charge in [0, 0.05) is 13.6 Å². The van der Waals surface area contributed by atoms with Gasteiger partial charge in [-0.25, -0.2) is 0 Å². The lowest BCUT2D eigenvalue weighted by atomic mass is 10.3. The predicted octanol–water partition coefficient (Wildman–Crippen LogP) is 0.528. The summed E-state index contributed by atoms with van der Waals surface area (Å²) < 4.78 is 16.4. The predicted molar refractivity (Wildman–Crippen MR) is 74.2 cm³/mol. The standard InChI is InChI=1S/C12H21N5O3/c1-8(2)20-12-16-10(13-3)15-11(17-12)14-6-9-7-18-4-5-19-9/h8-9H,4-7H2,1-3H3,(H2,13,14,15,16,17). The Morgan fingerprint density at radius 1 is 1.25 bits per heavy atom. The average molecular weight is 283 g/mol. The van der Waals surface area contributed by atoms with Gasteiger partial charge < -0.3 is 24.8 Å². The highest BCUT2D eigenvalue weighted by Crippen LogP contribution is 2.12. The first-order chi connectivity index (χ1) is 9.67. The molecule has 1 atom stereocenters. The molecule has 20 heavy (non-hydrogen) atoms. The van der Waals surface area contributed by atoms with Crippen LogP contribution in [0.1, 0.15) is 13.8 Å². The van der Waals surface area contributed by atoms with Crippen molar-refractivity contribution in [2.24, 2.45) is 0 Å². The van der Waals surface area contributed by atoms with Crippen molar-refractivity contribution in [1.82, 2.24) is 15.0 Å². The minimum atomic E-state index is 0.00466. The summed E-state index contributed by atoms with van der Waals surface area (Å²) >= 11 is 0. The van der Waals surface area contributed by atoms with Gasteiger partial charge in [0.05, 0.1) is 32.0 Å². The number of anilines is 2. The summed E-state index contributed by atoms with van der Waals surface area (Å²) in [7, 11) is 1.75. The molecule has 0 spiro atoms. The topological polar surface area (TPSA) is 90.4 Å². The molecule has 112 valence electrons. The van der Waals surface area contributed by atoms with E-state index >= 15 is 0 Å². The van der Waals surface area contributed by atoms with Crippen LogP contribution in [0.4, 0.5) is 11.9 Å². The minimum Gasteiger partial charge on any atom is -0.461 e. The Morgan fingerprint density at radius 3 is 2.70 bits per heavy atom. The van der Waals surface area contributed by atoms with Crippen molar-refractivity contribution in [2.75, 3.05) is 44.0 Å². The highest BCUT2D eigenvalue weighted by molar-refractivity contribution is 5.35. The number of hydrogen-bond donors (Lipinski definition) is 2. The number of ether oxygens (including phenoxy) is 3. The summed E-state index contributed by atoms with van der Waals surface area (Å²) in [6.45, 7) is 6.26.